The maximum absolute atomic E-state index is 11.2. The van der Waals surface area contributed by atoms with Gasteiger partial charge in [-0.15, -0.1) is 0 Å². The molecular weight excluding hydrogens is 454 g/mol. The van der Waals surface area contributed by atoms with Gasteiger partial charge in [0.1, 0.15) is 24.6 Å². The zero-order chi connectivity index (χ0) is 24.0. The number of ether oxygens (including phenoxy) is 3. The summed E-state index contributed by atoms with van der Waals surface area (Å²) in [6.07, 6.45) is 7.02. The number of aromatic nitrogens is 2. The van der Waals surface area contributed by atoms with E-state index in [2.05, 4.69) is 9.88 Å². The molecule has 0 unspecified atom stereocenters. The first-order valence-electron chi connectivity index (χ1n) is 11.5. The maximum Gasteiger partial charge on any atom is 0.161 e. The molecular formula is C26H32ClN3O4. The predicted molar refractivity (Wildman–Crippen MR) is 132 cm³/mol. The monoisotopic (exact) mass is 485 g/mol. The minimum absolute atomic E-state index is 0.206. The first-order chi connectivity index (χ1) is 16.4. The first kappa shape index (κ1) is 24.4. The van der Waals surface area contributed by atoms with Crippen molar-refractivity contribution in [3.63, 3.8) is 0 Å². The van der Waals surface area contributed by atoms with Crippen LogP contribution in [0.2, 0.25) is 5.02 Å². The lowest BCUT2D eigenvalue weighted by molar-refractivity contribution is -0.0621. The SMILES string of the molecule is COc1ccc(CN2CCC[C@@](O)(COc3cc(C)ccc3Cl)C2)cc1OCCn1ccnc1. The molecule has 4 rings (SSSR count). The predicted octanol–water partition coefficient (Wildman–Crippen LogP) is 4.34. The van der Waals surface area contributed by atoms with Gasteiger partial charge in [0, 0.05) is 25.5 Å². The van der Waals surface area contributed by atoms with Crippen LogP contribution in [-0.4, -0.2) is 58.6 Å². The third-order valence-corrected chi connectivity index (χ3v) is 6.33. The summed E-state index contributed by atoms with van der Waals surface area (Å²) in [6, 6.07) is 11.7. The van der Waals surface area contributed by atoms with Crippen LogP contribution in [0.5, 0.6) is 17.2 Å². The van der Waals surface area contributed by atoms with Gasteiger partial charge in [0.2, 0.25) is 0 Å². The van der Waals surface area contributed by atoms with Crippen molar-refractivity contribution >= 4 is 11.6 Å². The van der Waals surface area contributed by atoms with Gasteiger partial charge in [-0.25, -0.2) is 4.98 Å². The Labute approximate surface area is 205 Å². The van der Waals surface area contributed by atoms with Gasteiger partial charge in [0.05, 0.1) is 25.0 Å². The molecule has 3 aromatic rings. The van der Waals surface area contributed by atoms with E-state index in [4.69, 9.17) is 25.8 Å². The zero-order valence-corrected chi connectivity index (χ0v) is 20.5. The number of halogens is 1. The topological polar surface area (TPSA) is 69.0 Å². The van der Waals surface area contributed by atoms with Crippen LogP contribution in [0, 0.1) is 6.92 Å². The number of β-amino-alcohol motifs (C(OH)–C–C–N with tert-alkyl or cyclic N) is 1. The van der Waals surface area contributed by atoms with Gasteiger partial charge in [0.25, 0.3) is 0 Å². The van der Waals surface area contributed by atoms with Crippen LogP contribution < -0.4 is 14.2 Å². The average Bonchev–Trinajstić information content (AvgIpc) is 3.34. The Morgan fingerprint density at radius 1 is 1.12 bits per heavy atom. The third kappa shape index (κ3) is 6.44. The Bertz CT molecular complexity index is 1080. The number of hydrogen-bond donors (Lipinski definition) is 1. The third-order valence-electron chi connectivity index (χ3n) is 6.02. The second-order valence-corrected chi connectivity index (χ2v) is 9.30. The molecule has 2 heterocycles. The van der Waals surface area contributed by atoms with Crippen molar-refractivity contribution < 1.29 is 19.3 Å². The molecule has 8 heteroatoms. The van der Waals surface area contributed by atoms with Crippen molar-refractivity contribution in [3.05, 3.63) is 71.3 Å². The van der Waals surface area contributed by atoms with Crippen LogP contribution in [0.25, 0.3) is 0 Å². The summed E-state index contributed by atoms with van der Waals surface area (Å²) in [5.74, 6) is 2.03. The summed E-state index contributed by atoms with van der Waals surface area (Å²) >= 11 is 6.26. The van der Waals surface area contributed by atoms with E-state index >= 15 is 0 Å². The Morgan fingerprint density at radius 2 is 2.00 bits per heavy atom. The summed E-state index contributed by atoms with van der Waals surface area (Å²) < 4.78 is 19.4. The molecule has 182 valence electrons. The number of aryl methyl sites for hydroxylation is 1. The number of nitrogens with zero attached hydrogens (tertiary/aromatic N) is 3. The molecule has 1 aliphatic rings. The number of aliphatic hydroxyl groups is 1. The van der Waals surface area contributed by atoms with Gasteiger partial charge in [-0.2, -0.15) is 0 Å². The molecule has 1 atom stereocenters. The van der Waals surface area contributed by atoms with E-state index in [0.29, 0.717) is 54.9 Å². The normalized spacial score (nSPS) is 18.6. The van der Waals surface area contributed by atoms with Crippen molar-refractivity contribution in [1.82, 2.24) is 14.5 Å². The highest BCUT2D eigenvalue weighted by molar-refractivity contribution is 6.32. The maximum atomic E-state index is 11.2. The quantitative estimate of drug-likeness (QED) is 0.460. The van der Waals surface area contributed by atoms with Crippen molar-refractivity contribution in [3.8, 4) is 17.2 Å². The summed E-state index contributed by atoms with van der Waals surface area (Å²) in [6.45, 7) is 5.56. The molecule has 34 heavy (non-hydrogen) atoms. The van der Waals surface area contributed by atoms with Gasteiger partial charge in [0.15, 0.2) is 11.5 Å². The molecule has 0 spiro atoms. The largest absolute Gasteiger partial charge is 0.493 e. The van der Waals surface area contributed by atoms with Crippen LogP contribution in [0.4, 0.5) is 0 Å². The van der Waals surface area contributed by atoms with E-state index in [1.165, 1.54) is 0 Å². The number of piperidine rings is 1. The molecule has 1 aromatic heterocycles. The molecule has 0 radical (unpaired) electrons. The van der Waals surface area contributed by atoms with E-state index in [1.54, 1.807) is 19.6 Å². The van der Waals surface area contributed by atoms with Gasteiger partial charge in [-0.05, 0) is 61.7 Å². The van der Waals surface area contributed by atoms with Crippen molar-refractivity contribution in [2.45, 2.75) is 38.5 Å². The second kappa shape index (κ2) is 11.1. The van der Waals surface area contributed by atoms with Crippen LogP contribution in [-0.2, 0) is 13.1 Å². The van der Waals surface area contributed by atoms with E-state index in [1.807, 2.05) is 54.1 Å². The lowest BCUT2D eigenvalue weighted by Crippen LogP contribution is -2.51. The van der Waals surface area contributed by atoms with Crippen molar-refractivity contribution in [1.29, 1.82) is 0 Å². The number of imidazole rings is 1. The van der Waals surface area contributed by atoms with Crippen LogP contribution in [0.15, 0.2) is 55.1 Å². The van der Waals surface area contributed by atoms with Crippen molar-refractivity contribution in [2.75, 3.05) is 33.4 Å². The molecule has 0 aliphatic carbocycles. The molecule has 1 aliphatic heterocycles. The molecule has 1 fully saturated rings. The van der Waals surface area contributed by atoms with Gasteiger partial charge < -0.3 is 23.9 Å². The van der Waals surface area contributed by atoms with Crippen LogP contribution in [0.1, 0.15) is 24.0 Å². The van der Waals surface area contributed by atoms with E-state index < -0.39 is 5.60 Å². The smallest absolute Gasteiger partial charge is 0.161 e. The Morgan fingerprint density at radius 3 is 2.79 bits per heavy atom. The number of likely N-dealkylation sites (tertiary alicyclic amines) is 1. The molecule has 0 amide bonds. The number of methoxy groups -OCH3 is 1. The number of benzene rings is 2. The lowest BCUT2D eigenvalue weighted by Gasteiger charge is -2.39. The number of rotatable bonds is 10. The fourth-order valence-electron chi connectivity index (χ4n) is 4.26. The second-order valence-electron chi connectivity index (χ2n) is 8.90. The minimum Gasteiger partial charge on any atom is -0.493 e. The summed E-state index contributed by atoms with van der Waals surface area (Å²) in [7, 11) is 1.64. The van der Waals surface area contributed by atoms with E-state index in [0.717, 1.165) is 24.1 Å². The standard InChI is InChI=1S/C26H32ClN3O4/c1-20-4-6-22(27)24(14-20)34-18-26(31)8-3-10-30(17-26)16-21-5-7-23(32-2)25(15-21)33-13-12-29-11-9-28-19-29/h4-7,9,11,14-15,19,31H,3,8,10,12-13,16-18H2,1-2H3/t26-/m0/s1. The zero-order valence-electron chi connectivity index (χ0n) is 19.7. The average molecular weight is 486 g/mol. The Hall–Kier alpha value is -2.74. The van der Waals surface area contributed by atoms with Crippen molar-refractivity contribution in [2.24, 2.45) is 0 Å². The van der Waals surface area contributed by atoms with Crippen LogP contribution >= 0.6 is 11.6 Å². The van der Waals surface area contributed by atoms with Crippen LogP contribution in [0.3, 0.4) is 0 Å². The van der Waals surface area contributed by atoms with Gasteiger partial charge in [-0.3, -0.25) is 4.90 Å². The van der Waals surface area contributed by atoms with Gasteiger partial charge >= 0.3 is 0 Å². The summed E-state index contributed by atoms with van der Waals surface area (Å²) in [4.78, 5) is 6.30. The van der Waals surface area contributed by atoms with E-state index in [9.17, 15) is 5.11 Å². The highest BCUT2D eigenvalue weighted by Gasteiger charge is 2.34. The molecule has 1 N–H and O–H groups in total. The Kier molecular flexibility index (Phi) is 7.98. The van der Waals surface area contributed by atoms with Gasteiger partial charge in [-0.1, -0.05) is 23.7 Å². The molecule has 2 aromatic carbocycles. The summed E-state index contributed by atoms with van der Waals surface area (Å²) in [5.41, 5.74) is 1.24. The fourth-order valence-corrected chi connectivity index (χ4v) is 4.43. The Balaban J connectivity index is 1.36. The van der Waals surface area contributed by atoms with E-state index in [-0.39, 0.29) is 6.61 Å². The minimum atomic E-state index is -0.929. The molecule has 1 saturated heterocycles. The molecule has 7 nitrogen and oxygen atoms in total. The molecule has 0 bridgehead atoms. The highest BCUT2D eigenvalue weighted by Crippen LogP contribution is 2.31. The first-order valence-corrected chi connectivity index (χ1v) is 11.9. The fraction of sp³-hybridized carbons (Fsp3) is 0.423. The summed E-state index contributed by atoms with van der Waals surface area (Å²) in [5, 5.41) is 11.8. The lowest BCUT2D eigenvalue weighted by atomic mass is 9.93. The highest BCUT2D eigenvalue weighted by atomic mass is 35.5. The number of hydrogen-bond acceptors (Lipinski definition) is 6. The molecule has 0 saturated carbocycles.